The Morgan fingerprint density at radius 3 is 2.67 bits per heavy atom. The molecule has 0 fully saturated rings. The van der Waals surface area contributed by atoms with Crippen molar-refractivity contribution in [2.24, 2.45) is 0 Å². The summed E-state index contributed by atoms with van der Waals surface area (Å²) in [6.45, 7) is 1.63. The van der Waals surface area contributed by atoms with Crippen LogP contribution < -0.4 is 15.4 Å². The Balaban J connectivity index is 1.61. The van der Waals surface area contributed by atoms with Gasteiger partial charge in [-0.25, -0.2) is 13.4 Å². The van der Waals surface area contributed by atoms with Crippen LogP contribution in [0.4, 0.5) is 11.4 Å². The van der Waals surface area contributed by atoms with Crippen LogP contribution in [0.1, 0.15) is 18.6 Å². The Labute approximate surface area is 195 Å². The number of carbonyl (C=O) groups is 1. The number of aliphatic hydroxyl groups is 1. The van der Waals surface area contributed by atoms with E-state index in [0.29, 0.717) is 27.7 Å². The maximum atomic E-state index is 12.6. The number of phenolic OH excluding ortho intramolecular Hbond substituents is 1. The molecule has 2 atom stereocenters. The van der Waals surface area contributed by atoms with Gasteiger partial charge in [0.25, 0.3) is 0 Å². The summed E-state index contributed by atoms with van der Waals surface area (Å²) in [5.74, 6) is -0.304. The van der Waals surface area contributed by atoms with Crippen molar-refractivity contribution >= 4 is 38.9 Å². The summed E-state index contributed by atoms with van der Waals surface area (Å²) in [5, 5.41) is 26.3. The molecule has 0 spiro atoms. The average molecular weight is 495 g/mol. The van der Waals surface area contributed by atoms with Crippen molar-refractivity contribution in [3.05, 3.63) is 59.4 Å². The third kappa shape index (κ3) is 6.68. The van der Waals surface area contributed by atoms with Crippen LogP contribution in [0, 0.1) is 0 Å². The molecule has 0 saturated heterocycles. The highest BCUT2D eigenvalue weighted by molar-refractivity contribution is 7.92. The predicted octanol–water partition coefficient (Wildman–Crippen LogP) is 2.72. The number of aliphatic hydroxyl groups excluding tert-OH is 1. The van der Waals surface area contributed by atoms with Crippen molar-refractivity contribution in [2.75, 3.05) is 22.8 Å². The fraction of sp³-hybridized carbons (Fsp3) is 0.238. The van der Waals surface area contributed by atoms with E-state index in [0.717, 1.165) is 6.26 Å². The molecule has 5 N–H and O–H groups in total. The highest BCUT2D eigenvalue weighted by atomic mass is 35.5. The molecule has 0 aliphatic heterocycles. The smallest absolute Gasteiger partial charge is 0.241 e. The fourth-order valence-corrected chi connectivity index (χ4v) is 3.68. The second kappa shape index (κ2) is 10.2. The molecule has 0 bridgehead atoms. The van der Waals surface area contributed by atoms with E-state index in [2.05, 4.69) is 20.3 Å². The number of rotatable bonds is 9. The van der Waals surface area contributed by atoms with Gasteiger partial charge in [-0.1, -0.05) is 17.7 Å². The number of anilines is 2. The summed E-state index contributed by atoms with van der Waals surface area (Å²) < 4.78 is 30.3. The number of sulfonamides is 1. The molecule has 33 heavy (non-hydrogen) atoms. The molecule has 0 radical (unpaired) electrons. The first-order chi connectivity index (χ1) is 15.5. The van der Waals surface area contributed by atoms with Gasteiger partial charge in [0.05, 0.1) is 40.9 Å². The van der Waals surface area contributed by atoms with Gasteiger partial charge in [0.2, 0.25) is 21.8 Å². The number of benzene rings is 2. The van der Waals surface area contributed by atoms with Gasteiger partial charge < -0.3 is 25.3 Å². The van der Waals surface area contributed by atoms with Gasteiger partial charge in [-0.15, -0.1) is 0 Å². The summed E-state index contributed by atoms with van der Waals surface area (Å²) in [7, 11) is -3.61. The second-order valence-electron chi connectivity index (χ2n) is 7.32. The third-order valence-electron chi connectivity index (χ3n) is 4.61. The minimum atomic E-state index is -3.61. The van der Waals surface area contributed by atoms with E-state index in [1.807, 2.05) is 0 Å². The van der Waals surface area contributed by atoms with Gasteiger partial charge in [0.15, 0.2) is 0 Å². The lowest BCUT2D eigenvalue weighted by Crippen LogP contribution is -2.40. The molecule has 0 aliphatic rings. The quantitative estimate of drug-likeness (QED) is 0.284. The number of amides is 1. The van der Waals surface area contributed by atoms with E-state index < -0.39 is 22.2 Å². The highest BCUT2D eigenvalue weighted by Crippen LogP contribution is 2.30. The minimum absolute atomic E-state index is 0.000139. The molecule has 0 aliphatic carbocycles. The largest absolute Gasteiger partial charge is 0.506 e. The summed E-state index contributed by atoms with van der Waals surface area (Å²) in [5.41, 5.74) is 1.32. The number of hydrogen-bond acceptors (Lipinski definition) is 8. The Morgan fingerprint density at radius 2 is 2.00 bits per heavy atom. The molecule has 3 rings (SSSR count). The van der Waals surface area contributed by atoms with Crippen LogP contribution in [0.2, 0.25) is 5.02 Å². The normalized spacial score (nSPS) is 13.3. The molecule has 0 saturated carbocycles. The first-order valence-corrected chi connectivity index (χ1v) is 12.0. The van der Waals surface area contributed by atoms with Crippen LogP contribution in [0.15, 0.2) is 53.3 Å². The molecule has 1 aromatic heterocycles. The Kier molecular flexibility index (Phi) is 7.59. The maximum Gasteiger partial charge on any atom is 0.241 e. The van der Waals surface area contributed by atoms with Crippen molar-refractivity contribution < 1.29 is 27.8 Å². The van der Waals surface area contributed by atoms with Gasteiger partial charge in [-0.3, -0.25) is 9.52 Å². The lowest BCUT2D eigenvalue weighted by molar-refractivity contribution is -0.117. The zero-order valence-electron chi connectivity index (χ0n) is 17.7. The van der Waals surface area contributed by atoms with Crippen molar-refractivity contribution in [1.29, 1.82) is 0 Å². The molecule has 10 nitrogen and oxygen atoms in total. The van der Waals surface area contributed by atoms with E-state index >= 15 is 0 Å². The molecular formula is C21H23ClN4O6S. The number of aromatic hydroxyl groups is 1. The number of nitrogens with one attached hydrogen (secondary N) is 3. The number of aromatic nitrogens is 1. The molecule has 176 valence electrons. The topological polar surface area (TPSA) is 154 Å². The van der Waals surface area contributed by atoms with Gasteiger partial charge in [0.1, 0.15) is 12.0 Å². The number of nitrogens with zero attached hydrogens (tertiary/aromatic N) is 1. The molecule has 1 heterocycles. The molecule has 3 aromatic rings. The molecule has 1 amide bonds. The Bertz CT molecular complexity index is 1230. The molecular weight excluding hydrogens is 472 g/mol. The van der Waals surface area contributed by atoms with Crippen LogP contribution in [-0.4, -0.2) is 48.4 Å². The van der Waals surface area contributed by atoms with Crippen molar-refractivity contribution in [2.45, 2.75) is 19.1 Å². The molecule has 0 unspecified atom stereocenters. The summed E-state index contributed by atoms with van der Waals surface area (Å²) in [6, 6.07) is 8.27. The highest BCUT2D eigenvalue weighted by Gasteiger charge is 2.18. The van der Waals surface area contributed by atoms with E-state index in [1.54, 1.807) is 25.1 Å². The number of halogens is 1. The van der Waals surface area contributed by atoms with E-state index in [1.165, 1.54) is 30.7 Å². The predicted molar refractivity (Wildman–Crippen MR) is 125 cm³/mol. The monoisotopic (exact) mass is 494 g/mol. The van der Waals surface area contributed by atoms with Gasteiger partial charge in [0, 0.05) is 12.2 Å². The van der Waals surface area contributed by atoms with Crippen LogP contribution in [0.5, 0.6) is 5.75 Å². The number of carbonyl (C=O) groups excluding carboxylic acids is 1. The first-order valence-electron chi connectivity index (χ1n) is 9.76. The van der Waals surface area contributed by atoms with Gasteiger partial charge in [-0.05, 0) is 42.8 Å². The fourth-order valence-electron chi connectivity index (χ4n) is 2.92. The Hall–Kier alpha value is -3.12. The summed E-state index contributed by atoms with van der Waals surface area (Å²) >= 11 is 6.18. The van der Waals surface area contributed by atoms with E-state index in [-0.39, 0.29) is 23.9 Å². The summed E-state index contributed by atoms with van der Waals surface area (Å²) in [6.07, 6.45) is 2.80. The van der Waals surface area contributed by atoms with Crippen molar-refractivity contribution in [3.8, 4) is 17.2 Å². The van der Waals surface area contributed by atoms with Crippen LogP contribution >= 0.6 is 11.6 Å². The minimum Gasteiger partial charge on any atom is -0.506 e. The van der Waals surface area contributed by atoms with E-state index in [4.69, 9.17) is 16.0 Å². The average Bonchev–Trinajstić information content (AvgIpc) is 3.28. The third-order valence-corrected chi connectivity index (χ3v) is 5.53. The van der Waals surface area contributed by atoms with E-state index in [9.17, 15) is 23.4 Å². The lowest BCUT2D eigenvalue weighted by atomic mass is 10.1. The SMILES string of the molecule is C[C@H](NC[C@H](O)c1ccc(O)c(NS(C)(=O)=O)c1)C(=O)Nc1ccc(Cl)c(-c2ncco2)c1. The van der Waals surface area contributed by atoms with Crippen molar-refractivity contribution in [1.82, 2.24) is 10.3 Å². The Morgan fingerprint density at radius 1 is 1.24 bits per heavy atom. The summed E-state index contributed by atoms with van der Waals surface area (Å²) in [4.78, 5) is 16.6. The van der Waals surface area contributed by atoms with Gasteiger partial charge >= 0.3 is 0 Å². The number of phenols is 1. The zero-order chi connectivity index (χ0) is 24.2. The van der Waals surface area contributed by atoms with Crippen LogP contribution in [-0.2, 0) is 14.8 Å². The lowest BCUT2D eigenvalue weighted by Gasteiger charge is -2.18. The second-order valence-corrected chi connectivity index (χ2v) is 9.47. The zero-order valence-corrected chi connectivity index (χ0v) is 19.3. The molecule has 12 heteroatoms. The number of oxazole rings is 1. The van der Waals surface area contributed by atoms with Crippen LogP contribution in [0.3, 0.4) is 0 Å². The molecule has 2 aromatic carbocycles. The van der Waals surface area contributed by atoms with Gasteiger partial charge in [-0.2, -0.15) is 0 Å². The van der Waals surface area contributed by atoms with Crippen molar-refractivity contribution in [3.63, 3.8) is 0 Å². The maximum absolute atomic E-state index is 12.6. The standard InChI is InChI=1S/C21H23ClN4O6S/c1-12(20(29)25-14-4-5-16(22)15(10-14)21-23-7-8-32-21)24-11-19(28)13-3-6-18(27)17(9-13)26-33(2,30)31/h3-10,12,19,24,26-28H,11H2,1-2H3,(H,25,29)/t12-,19-/m0/s1. The number of hydrogen-bond donors (Lipinski definition) is 5. The van der Waals surface area contributed by atoms with Crippen LogP contribution in [0.25, 0.3) is 11.5 Å². The first kappa shape index (κ1) is 24.5.